The van der Waals surface area contributed by atoms with Gasteiger partial charge in [0.25, 0.3) is 0 Å². The van der Waals surface area contributed by atoms with Crippen LogP contribution in [0.4, 0.5) is 17.1 Å². The first-order valence-corrected chi connectivity index (χ1v) is 16.5. The molecular weight excluding hydrogens is 587 g/mol. The van der Waals surface area contributed by atoms with Crippen LogP contribution in [0.15, 0.2) is 160 Å². The average Bonchev–Trinajstić information content (AvgIpc) is 3.77. The fourth-order valence-electron chi connectivity index (χ4n) is 7.99. The summed E-state index contributed by atoms with van der Waals surface area (Å²) in [4.78, 5) is 2.39. The highest BCUT2D eigenvalue weighted by Crippen LogP contribution is 2.51. The molecule has 0 fully saturated rings. The lowest BCUT2D eigenvalue weighted by Gasteiger charge is -2.28. The quantitative estimate of drug-likeness (QED) is 0.197. The minimum absolute atomic E-state index is 0.113. The Hall–Kier alpha value is -6.06. The van der Waals surface area contributed by atoms with Gasteiger partial charge in [-0.15, -0.1) is 0 Å². The van der Waals surface area contributed by atoms with Gasteiger partial charge in [-0.1, -0.05) is 111 Å². The van der Waals surface area contributed by atoms with Crippen molar-refractivity contribution in [1.82, 2.24) is 0 Å². The summed E-state index contributed by atoms with van der Waals surface area (Å²) in [7, 11) is 0. The number of hydrogen-bond donors (Lipinski definition) is 0. The van der Waals surface area contributed by atoms with Crippen molar-refractivity contribution in [2.45, 2.75) is 19.3 Å². The Balaban J connectivity index is 1.29. The van der Waals surface area contributed by atoms with Crippen molar-refractivity contribution in [2.24, 2.45) is 0 Å². The first-order chi connectivity index (χ1) is 23.6. The van der Waals surface area contributed by atoms with Crippen LogP contribution < -0.4 is 4.90 Å². The van der Waals surface area contributed by atoms with E-state index in [1.165, 1.54) is 22.3 Å². The Morgan fingerprint density at radius 1 is 0.438 bits per heavy atom. The smallest absolute Gasteiger partial charge is 0.143 e. The van der Waals surface area contributed by atoms with E-state index >= 15 is 0 Å². The summed E-state index contributed by atoms with van der Waals surface area (Å²) in [5.74, 6) is 0. The van der Waals surface area contributed by atoms with Gasteiger partial charge in [0, 0.05) is 49.6 Å². The zero-order valence-electron chi connectivity index (χ0n) is 26.7. The van der Waals surface area contributed by atoms with Gasteiger partial charge in [0.2, 0.25) is 0 Å². The summed E-state index contributed by atoms with van der Waals surface area (Å²) in [5, 5.41) is 4.31. The molecule has 2 aromatic heterocycles. The molecule has 3 nitrogen and oxygen atoms in total. The molecule has 0 amide bonds. The molecule has 0 unspecified atom stereocenters. The molecule has 2 heterocycles. The fourth-order valence-corrected chi connectivity index (χ4v) is 7.99. The van der Waals surface area contributed by atoms with E-state index < -0.39 is 0 Å². The van der Waals surface area contributed by atoms with Gasteiger partial charge < -0.3 is 13.7 Å². The topological polar surface area (TPSA) is 29.5 Å². The van der Waals surface area contributed by atoms with Crippen LogP contribution in [0, 0.1) is 0 Å². The second-order valence-electron chi connectivity index (χ2n) is 13.3. The first kappa shape index (κ1) is 27.1. The monoisotopic (exact) mass is 617 g/mol. The zero-order valence-corrected chi connectivity index (χ0v) is 26.7. The number of para-hydroxylation sites is 2. The molecule has 1 aliphatic rings. The number of anilines is 3. The van der Waals surface area contributed by atoms with Gasteiger partial charge in [-0.3, -0.25) is 0 Å². The molecule has 1 aliphatic carbocycles. The number of rotatable bonds is 4. The van der Waals surface area contributed by atoms with E-state index in [4.69, 9.17) is 8.83 Å². The number of furan rings is 2. The fraction of sp³-hybridized carbons (Fsp3) is 0.0667. The molecule has 0 radical (unpaired) electrons. The van der Waals surface area contributed by atoms with E-state index in [9.17, 15) is 0 Å². The Morgan fingerprint density at radius 2 is 1.10 bits per heavy atom. The van der Waals surface area contributed by atoms with Crippen molar-refractivity contribution < 1.29 is 8.83 Å². The van der Waals surface area contributed by atoms with Gasteiger partial charge >= 0.3 is 0 Å². The lowest BCUT2D eigenvalue weighted by atomic mass is 9.82. The molecule has 0 aliphatic heterocycles. The highest BCUT2D eigenvalue weighted by atomic mass is 16.3. The van der Waals surface area contributed by atoms with Crippen molar-refractivity contribution in [3.63, 3.8) is 0 Å². The molecule has 9 aromatic rings. The van der Waals surface area contributed by atoms with Crippen LogP contribution in [-0.4, -0.2) is 0 Å². The summed E-state index contributed by atoms with van der Waals surface area (Å²) in [6, 6.07) is 54.0. The van der Waals surface area contributed by atoms with Gasteiger partial charge in [0.15, 0.2) is 0 Å². The van der Waals surface area contributed by atoms with E-state index in [0.717, 1.165) is 72.1 Å². The molecular formula is C45H31NO2. The van der Waals surface area contributed by atoms with Crippen molar-refractivity contribution >= 4 is 60.9 Å². The second kappa shape index (κ2) is 9.97. The van der Waals surface area contributed by atoms with Crippen LogP contribution in [0.25, 0.3) is 66.1 Å². The molecule has 0 saturated carbocycles. The molecule has 10 rings (SSSR count). The largest absolute Gasteiger partial charge is 0.456 e. The third kappa shape index (κ3) is 3.82. The standard InChI is InChI=1S/C45H31NO2/c1-45(2)37-19-11-9-17-32(37)33-22-21-30(27-38(33)45)46(29-15-7-4-8-16-29)31-25-35(28-13-5-3-6-14-28)44-36(26-31)43-41(48-44)24-23-40-42(43)34-18-10-12-20-39(34)47-40/h3-27H,1-2H3. The number of nitrogens with zero attached hydrogens (tertiary/aromatic N) is 1. The Morgan fingerprint density at radius 3 is 1.94 bits per heavy atom. The summed E-state index contributed by atoms with van der Waals surface area (Å²) in [6.45, 7) is 4.68. The maximum atomic E-state index is 6.77. The van der Waals surface area contributed by atoms with Gasteiger partial charge in [0.05, 0.1) is 0 Å². The van der Waals surface area contributed by atoms with E-state index in [1.54, 1.807) is 0 Å². The maximum Gasteiger partial charge on any atom is 0.143 e. The molecule has 0 N–H and O–H groups in total. The minimum atomic E-state index is -0.113. The maximum absolute atomic E-state index is 6.77. The SMILES string of the molecule is CC1(C)c2ccccc2-c2ccc(N(c3ccccc3)c3cc(-c4ccccc4)c4oc5ccc6oc7ccccc7c6c5c4c3)cc21. The molecule has 0 saturated heterocycles. The van der Waals surface area contributed by atoms with Crippen LogP contribution in [-0.2, 0) is 5.41 Å². The van der Waals surface area contributed by atoms with Gasteiger partial charge in [-0.25, -0.2) is 0 Å². The van der Waals surface area contributed by atoms with Crippen LogP contribution in [0.3, 0.4) is 0 Å². The lowest BCUT2D eigenvalue weighted by molar-refractivity contribution is 0.660. The molecule has 3 heteroatoms. The third-order valence-electron chi connectivity index (χ3n) is 10.2. The Bertz CT molecular complexity index is 2700. The molecule has 228 valence electrons. The first-order valence-electron chi connectivity index (χ1n) is 16.5. The van der Waals surface area contributed by atoms with Crippen LogP contribution >= 0.6 is 0 Å². The predicted molar refractivity (Wildman–Crippen MR) is 199 cm³/mol. The van der Waals surface area contributed by atoms with E-state index in [-0.39, 0.29) is 5.41 Å². The molecule has 7 aromatic carbocycles. The Kier molecular flexibility index (Phi) is 5.63. The number of fused-ring (bicyclic) bond motifs is 10. The summed E-state index contributed by atoms with van der Waals surface area (Å²) in [6.07, 6.45) is 0. The summed E-state index contributed by atoms with van der Waals surface area (Å²) in [5.41, 5.74) is 14.1. The zero-order chi connectivity index (χ0) is 32.0. The highest BCUT2D eigenvalue weighted by Gasteiger charge is 2.36. The van der Waals surface area contributed by atoms with Crippen molar-refractivity contribution in [3.05, 3.63) is 163 Å². The number of hydrogen-bond acceptors (Lipinski definition) is 3. The minimum Gasteiger partial charge on any atom is -0.456 e. The molecule has 0 bridgehead atoms. The van der Waals surface area contributed by atoms with E-state index in [1.807, 2.05) is 24.3 Å². The molecule has 0 atom stereocenters. The van der Waals surface area contributed by atoms with E-state index in [0.29, 0.717) is 0 Å². The normalized spacial score (nSPS) is 13.4. The van der Waals surface area contributed by atoms with E-state index in [2.05, 4.69) is 146 Å². The molecule has 48 heavy (non-hydrogen) atoms. The summed E-state index contributed by atoms with van der Waals surface area (Å²) < 4.78 is 13.1. The van der Waals surface area contributed by atoms with Gasteiger partial charge in [-0.05, 0) is 82.4 Å². The van der Waals surface area contributed by atoms with Crippen molar-refractivity contribution in [2.75, 3.05) is 4.90 Å². The van der Waals surface area contributed by atoms with Crippen molar-refractivity contribution in [1.29, 1.82) is 0 Å². The second-order valence-corrected chi connectivity index (χ2v) is 13.3. The molecule has 0 spiro atoms. The van der Waals surface area contributed by atoms with Crippen LogP contribution in [0.2, 0.25) is 0 Å². The van der Waals surface area contributed by atoms with Crippen LogP contribution in [0.5, 0.6) is 0 Å². The Labute approximate surface area is 278 Å². The van der Waals surface area contributed by atoms with Crippen molar-refractivity contribution in [3.8, 4) is 22.3 Å². The van der Waals surface area contributed by atoms with Gasteiger partial charge in [-0.2, -0.15) is 0 Å². The van der Waals surface area contributed by atoms with Gasteiger partial charge in [0.1, 0.15) is 22.3 Å². The third-order valence-corrected chi connectivity index (χ3v) is 10.2. The average molecular weight is 618 g/mol. The van der Waals surface area contributed by atoms with Crippen LogP contribution in [0.1, 0.15) is 25.0 Å². The highest BCUT2D eigenvalue weighted by molar-refractivity contribution is 6.27. The number of benzene rings is 7. The summed E-state index contributed by atoms with van der Waals surface area (Å²) >= 11 is 0. The predicted octanol–water partition coefficient (Wildman–Crippen LogP) is 12.9. The lowest BCUT2D eigenvalue weighted by Crippen LogP contribution is -2.16.